The molecule has 0 spiro atoms. The number of amides is 1. The third kappa shape index (κ3) is 5.71. The van der Waals surface area contributed by atoms with Crippen LogP contribution >= 0.6 is 11.6 Å². The summed E-state index contributed by atoms with van der Waals surface area (Å²) in [5.74, 6) is -0.588. The van der Waals surface area contributed by atoms with Gasteiger partial charge in [-0.2, -0.15) is 0 Å². The number of halogens is 1. The molecule has 0 bridgehead atoms. The number of sulfone groups is 1. The Balaban J connectivity index is 1.69. The zero-order valence-electron chi connectivity index (χ0n) is 16.7. The molecule has 3 aromatic rings. The van der Waals surface area contributed by atoms with E-state index in [0.29, 0.717) is 5.02 Å². The third-order valence-electron chi connectivity index (χ3n) is 4.98. The number of hydrogen-bond acceptors (Lipinski definition) is 3. The van der Waals surface area contributed by atoms with Gasteiger partial charge in [-0.25, -0.2) is 8.42 Å². The van der Waals surface area contributed by atoms with Gasteiger partial charge >= 0.3 is 0 Å². The Kier molecular flexibility index (Phi) is 7.29. The lowest BCUT2D eigenvalue weighted by Crippen LogP contribution is -2.38. The van der Waals surface area contributed by atoms with E-state index in [1.807, 2.05) is 67.6 Å². The molecule has 156 valence electrons. The summed E-state index contributed by atoms with van der Waals surface area (Å²) in [6.07, 6.45) is -0.106. The van der Waals surface area contributed by atoms with Crippen LogP contribution in [0.25, 0.3) is 0 Å². The van der Waals surface area contributed by atoms with Crippen molar-refractivity contribution in [3.05, 3.63) is 101 Å². The van der Waals surface area contributed by atoms with Gasteiger partial charge < -0.3 is 5.32 Å². The lowest BCUT2D eigenvalue weighted by molar-refractivity contribution is -0.121. The molecule has 0 radical (unpaired) electrons. The number of carbonyl (C=O) groups is 1. The Labute approximate surface area is 182 Å². The first kappa shape index (κ1) is 22.1. The zero-order chi connectivity index (χ0) is 21.6. The van der Waals surface area contributed by atoms with Crippen molar-refractivity contribution in [1.82, 2.24) is 5.32 Å². The highest BCUT2D eigenvalue weighted by Gasteiger charge is 2.24. The smallest absolute Gasteiger partial charge is 0.221 e. The number of carbonyl (C=O) groups excluding carboxylic acids is 1. The quantitative estimate of drug-likeness (QED) is 0.544. The Morgan fingerprint density at radius 3 is 1.87 bits per heavy atom. The fourth-order valence-electron chi connectivity index (χ4n) is 3.49. The van der Waals surface area contributed by atoms with Crippen molar-refractivity contribution in [2.45, 2.75) is 30.2 Å². The molecule has 1 unspecified atom stereocenters. The summed E-state index contributed by atoms with van der Waals surface area (Å²) in [4.78, 5) is 12.7. The van der Waals surface area contributed by atoms with Gasteiger partial charge in [0.2, 0.25) is 5.91 Å². The standard InChI is InChI=1S/C24H24ClNO3S/c1-18(24(19-8-4-2-5-9-19)20-10-6-3-7-11-20)26-23(27)16-17-30(28,29)22-14-12-21(25)13-15-22/h2-15,18,24H,16-17H2,1H3,(H,26,27). The van der Waals surface area contributed by atoms with Crippen molar-refractivity contribution in [1.29, 1.82) is 0 Å². The first-order chi connectivity index (χ1) is 14.4. The molecular weight excluding hydrogens is 418 g/mol. The van der Waals surface area contributed by atoms with Crippen LogP contribution in [0.1, 0.15) is 30.4 Å². The summed E-state index contributed by atoms with van der Waals surface area (Å²) >= 11 is 5.82. The highest BCUT2D eigenvalue weighted by atomic mass is 35.5. The number of nitrogens with one attached hydrogen (secondary N) is 1. The van der Waals surface area contributed by atoms with Crippen LogP contribution < -0.4 is 5.32 Å². The van der Waals surface area contributed by atoms with Gasteiger partial charge in [0.1, 0.15) is 0 Å². The van der Waals surface area contributed by atoms with Crippen molar-refractivity contribution in [2.75, 3.05) is 5.75 Å². The van der Waals surface area contributed by atoms with Crippen molar-refractivity contribution in [3.63, 3.8) is 0 Å². The monoisotopic (exact) mass is 441 g/mol. The van der Waals surface area contributed by atoms with E-state index in [1.165, 1.54) is 24.3 Å². The lowest BCUT2D eigenvalue weighted by Gasteiger charge is -2.26. The van der Waals surface area contributed by atoms with E-state index in [9.17, 15) is 13.2 Å². The molecule has 6 heteroatoms. The summed E-state index contributed by atoms with van der Waals surface area (Å²) in [7, 11) is -3.55. The van der Waals surface area contributed by atoms with E-state index in [-0.39, 0.29) is 34.9 Å². The SMILES string of the molecule is CC(NC(=O)CCS(=O)(=O)c1ccc(Cl)cc1)C(c1ccccc1)c1ccccc1. The predicted molar refractivity (Wildman–Crippen MR) is 120 cm³/mol. The summed E-state index contributed by atoms with van der Waals surface area (Å²) in [6, 6.07) is 25.7. The van der Waals surface area contributed by atoms with Crippen LogP contribution in [0.5, 0.6) is 0 Å². The van der Waals surface area contributed by atoms with Gasteiger partial charge in [-0.1, -0.05) is 72.3 Å². The van der Waals surface area contributed by atoms with Gasteiger partial charge in [0, 0.05) is 23.4 Å². The van der Waals surface area contributed by atoms with E-state index in [2.05, 4.69) is 5.32 Å². The van der Waals surface area contributed by atoms with Crippen molar-refractivity contribution >= 4 is 27.3 Å². The minimum Gasteiger partial charge on any atom is -0.353 e. The number of benzene rings is 3. The maximum absolute atomic E-state index is 12.6. The van der Waals surface area contributed by atoms with E-state index < -0.39 is 9.84 Å². The van der Waals surface area contributed by atoms with Crippen LogP contribution in [0.2, 0.25) is 5.02 Å². The lowest BCUT2D eigenvalue weighted by atomic mass is 9.86. The number of rotatable bonds is 8. The Morgan fingerprint density at radius 1 is 0.867 bits per heavy atom. The van der Waals surface area contributed by atoms with E-state index in [1.54, 1.807) is 0 Å². The van der Waals surface area contributed by atoms with Crippen LogP contribution in [-0.4, -0.2) is 26.1 Å². The van der Waals surface area contributed by atoms with Crippen LogP contribution in [0.3, 0.4) is 0 Å². The van der Waals surface area contributed by atoms with Crippen molar-refractivity contribution < 1.29 is 13.2 Å². The van der Waals surface area contributed by atoms with Crippen molar-refractivity contribution in [2.24, 2.45) is 0 Å². The molecule has 0 aromatic heterocycles. The fraction of sp³-hybridized carbons (Fsp3) is 0.208. The van der Waals surface area contributed by atoms with E-state index in [0.717, 1.165) is 11.1 Å². The molecule has 0 aliphatic heterocycles. The molecule has 1 N–H and O–H groups in total. The second-order valence-electron chi connectivity index (χ2n) is 7.18. The average molecular weight is 442 g/mol. The van der Waals surface area contributed by atoms with Gasteiger partial charge in [-0.05, 0) is 42.3 Å². The molecule has 1 atom stereocenters. The minimum absolute atomic E-state index is 0.0378. The van der Waals surface area contributed by atoms with E-state index in [4.69, 9.17) is 11.6 Å². The highest BCUT2D eigenvalue weighted by molar-refractivity contribution is 7.91. The van der Waals surface area contributed by atoms with Gasteiger partial charge in [0.25, 0.3) is 0 Å². The largest absolute Gasteiger partial charge is 0.353 e. The average Bonchev–Trinajstić information content (AvgIpc) is 2.74. The first-order valence-corrected chi connectivity index (χ1v) is 11.8. The molecule has 30 heavy (non-hydrogen) atoms. The van der Waals surface area contributed by atoms with Crippen LogP contribution in [0, 0.1) is 0 Å². The maximum atomic E-state index is 12.6. The highest BCUT2D eigenvalue weighted by Crippen LogP contribution is 2.28. The minimum atomic E-state index is -3.55. The molecular formula is C24H24ClNO3S. The summed E-state index contributed by atoms with van der Waals surface area (Å²) in [5, 5.41) is 3.45. The zero-order valence-corrected chi connectivity index (χ0v) is 18.2. The summed E-state index contributed by atoms with van der Waals surface area (Å²) in [5.41, 5.74) is 2.18. The second-order valence-corrected chi connectivity index (χ2v) is 9.72. The third-order valence-corrected chi connectivity index (χ3v) is 6.96. The molecule has 3 aromatic carbocycles. The first-order valence-electron chi connectivity index (χ1n) is 9.74. The second kappa shape index (κ2) is 9.92. The normalized spacial score (nSPS) is 12.5. The molecule has 3 rings (SSSR count). The molecule has 0 saturated carbocycles. The Bertz CT molecular complexity index is 1030. The van der Waals surface area contributed by atoms with Gasteiger partial charge in [-0.15, -0.1) is 0 Å². The van der Waals surface area contributed by atoms with E-state index >= 15 is 0 Å². The molecule has 4 nitrogen and oxygen atoms in total. The molecule has 0 fully saturated rings. The molecule has 0 saturated heterocycles. The Hall–Kier alpha value is -2.63. The molecule has 0 aliphatic rings. The number of hydrogen-bond donors (Lipinski definition) is 1. The molecule has 1 amide bonds. The Morgan fingerprint density at radius 2 is 1.37 bits per heavy atom. The summed E-state index contributed by atoms with van der Waals surface area (Å²) in [6.45, 7) is 1.94. The predicted octanol–water partition coefficient (Wildman–Crippen LogP) is 4.84. The van der Waals surface area contributed by atoms with Gasteiger partial charge in [-0.3, -0.25) is 4.79 Å². The van der Waals surface area contributed by atoms with Crippen LogP contribution in [0.15, 0.2) is 89.8 Å². The van der Waals surface area contributed by atoms with Gasteiger partial charge in [0.15, 0.2) is 9.84 Å². The molecule has 0 aliphatic carbocycles. The van der Waals surface area contributed by atoms with Crippen LogP contribution in [0.4, 0.5) is 0 Å². The summed E-state index contributed by atoms with van der Waals surface area (Å²) < 4.78 is 25.0. The fourth-order valence-corrected chi connectivity index (χ4v) is 4.85. The van der Waals surface area contributed by atoms with Crippen molar-refractivity contribution in [3.8, 4) is 0 Å². The maximum Gasteiger partial charge on any atom is 0.221 e. The van der Waals surface area contributed by atoms with Gasteiger partial charge in [0.05, 0.1) is 10.6 Å². The molecule has 0 heterocycles. The van der Waals surface area contributed by atoms with Crippen LogP contribution in [-0.2, 0) is 14.6 Å². The topological polar surface area (TPSA) is 63.2 Å².